The molecule has 0 bridgehead atoms. The number of hydrogen-bond acceptors (Lipinski definition) is 3. The highest BCUT2D eigenvalue weighted by Crippen LogP contribution is 2.13. The van der Waals surface area contributed by atoms with Gasteiger partial charge in [0, 0.05) is 6.54 Å². The molecule has 0 aliphatic carbocycles. The van der Waals surface area contributed by atoms with E-state index in [1.165, 1.54) is 0 Å². The van der Waals surface area contributed by atoms with Gasteiger partial charge in [0.2, 0.25) is 0 Å². The van der Waals surface area contributed by atoms with Crippen molar-refractivity contribution in [2.24, 2.45) is 5.92 Å². The van der Waals surface area contributed by atoms with Gasteiger partial charge in [-0.2, -0.15) is 5.26 Å². The lowest BCUT2D eigenvalue weighted by atomic mass is 10.0. The molecule has 5 heteroatoms. The summed E-state index contributed by atoms with van der Waals surface area (Å²) in [6.45, 7) is 6.14. The summed E-state index contributed by atoms with van der Waals surface area (Å²) < 4.78 is 0. The van der Waals surface area contributed by atoms with Gasteiger partial charge in [-0.1, -0.05) is 19.1 Å². The molecule has 0 aromatic heterocycles. The van der Waals surface area contributed by atoms with Gasteiger partial charge in [-0.15, -0.1) is 0 Å². The van der Waals surface area contributed by atoms with E-state index >= 15 is 0 Å². The van der Waals surface area contributed by atoms with Crippen LogP contribution in [0.3, 0.4) is 0 Å². The van der Waals surface area contributed by atoms with Crippen molar-refractivity contribution in [3.63, 3.8) is 0 Å². The zero-order valence-electron chi connectivity index (χ0n) is 12.8. The maximum Gasteiger partial charge on any atom is 0.315 e. The average molecular weight is 289 g/mol. The van der Waals surface area contributed by atoms with Crippen LogP contribution >= 0.6 is 0 Å². The van der Waals surface area contributed by atoms with Crippen LogP contribution in [-0.2, 0) is 0 Å². The van der Waals surface area contributed by atoms with Gasteiger partial charge < -0.3 is 15.7 Å². The Labute approximate surface area is 126 Å². The van der Waals surface area contributed by atoms with Gasteiger partial charge in [-0.3, -0.25) is 0 Å². The second-order valence-corrected chi connectivity index (χ2v) is 5.50. The lowest BCUT2D eigenvalue weighted by Gasteiger charge is -2.18. The summed E-state index contributed by atoms with van der Waals surface area (Å²) in [6.07, 6.45) is 0.299. The Hall–Kier alpha value is -2.06. The predicted molar refractivity (Wildman–Crippen MR) is 81.6 cm³/mol. The van der Waals surface area contributed by atoms with Crippen molar-refractivity contribution in [1.82, 2.24) is 10.6 Å². The fraction of sp³-hybridized carbons (Fsp3) is 0.500. The first-order valence-electron chi connectivity index (χ1n) is 7.14. The molecule has 0 aliphatic rings. The van der Waals surface area contributed by atoms with Crippen LogP contribution in [0.5, 0.6) is 0 Å². The molecule has 3 unspecified atom stereocenters. The van der Waals surface area contributed by atoms with E-state index in [-0.39, 0.29) is 24.1 Å². The number of nitrogens with one attached hydrogen (secondary N) is 2. The second kappa shape index (κ2) is 8.28. The molecular weight excluding hydrogens is 266 g/mol. The minimum Gasteiger partial charge on any atom is -0.393 e. The summed E-state index contributed by atoms with van der Waals surface area (Å²) in [5.41, 5.74) is 1.54. The van der Waals surface area contributed by atoms with Crippen molar-refractivity contribution in [2.75, 3.05) is 6.54 Å². The van der Waals surface area contributed by atoms with Crippen molar-refractivity contribution < 1.29 is 9.90 Å². The number of urea groups is 1. The maximum atomic E-state index is 11.8. The number of carbonyl (C=O) groups excluding carboxylic acids is 1. The maximum absolute atomic E-state index is 11.8. The van der Waals surface area contributed by atoms with E-state index in [1.54, 1.807) is 19.1 Å². The van der Waals surface area contributed by atoms with E-state index in [1.807, 2.05) is 26.0 Å². The molecule has 114 valence electrons. The van der Waals surface area contributed by atoms with E-state index in [2.05, 4.69) is 16.7 Å². The van der Waals surface area contributed by atoms with E-state index in [9.17, 15) is 9.90 Å². The number of benzene rings is 1. The smallest absolute Gasteiger partial charge is 0.315 e. The summed E-state index contributed by atoms with van der Waals surface area (Å²) in [5.74, 6) is 0.223. The zero-order valence-corrected chi connectivity index (χ0v) is 12.8. The number of rotatable bonds is 6. The number of carbonyl (C=O) groups is 1. The second-order valence-electron chi connectivity index (χ2n) is 5.50. The first-order chi connectivity index (χ1) is 9.92. The molecule has 3 atom stereocenters. The number of nitriles is 1. The van der Waals surface area contributed by atoms with Crippen molar-refractivity contribution in [3.05, 3.63) is 35.4 Å². The van der Waals surface area contributed by atoms with Crippen molar-refractivity contribution in [1.29, 1.82) is 5.26 Å². The van der Waals surface area contributed by atoms with Gasteiger partial charge in [0.05, 0.1) is 23.8 Å². The van der Waals surface area contributed by atoms with Crippen molar-refractivity contribution in [3.8, 4) is 6.07 Å². The molecule has 1 aromatic carbocycles. The molecule has 1 aromatic rings. The molecule has 0 spiro atoms. The molecule has 3 N–H and O–H groups in total. The minimum atomic E-state index is -0.359. The highest BCUT2D eigenvalue weighted by atomic mass is 16.3. The van der Waals surface area contributed by atoms with Gasteiger partial charge in [0.15, 0.2) is 0 Å². The van der Waals surface area contributed by atoms with Crippen LogP contribution in [0.4, 0.5) is 4.79 Å². The summed E-state index contributed by atoms with van der Waals surface area (Å²) in [7, 11) is 0. The highest BCUT2D eigenvalue weighted by molar-refractivity contribution is 5.74. The predicted octanol–water partition coefficient (Wildman–Crippen LogP) is 2.33. The number of aliphatic hydroxyl groups excluding tert-OH is 1. The van der Waals surface area contributed by atoms with E-state index in [0.717, 1.165) is 5.56 Å². The molecule has 0 aliphatic heterocycles. The van der Waals surface area contributed by atoms with E-state index in [0.29, 0.717) is 18.5 Å². The Kier molecular flexibility index (Phi) is 6.70. The number of hydrogen-bond donors (Lipinski definition) is 3. The van der Waals surface area contributed by atoms with Crippen molar-refractivity contribution >= 4 is 6.03 Å². The van der Waals surface area contributed by atoms with Gasteiger partial charge in [-0.05, 0) is 43.9 Å². The van der Waals surface area contributed by atoms with Gasteiger partial charge >= 0.3 is 6.03 Å². The largest absolute Gasteiger partial charge is 0.393 e. The molecule has 21 heavy (non-hydrogen) atoms. The lowest BCUT2D eigenvalue weighted by Crippen LogP contribution is -2.39. The van der Waals surface area contributed by atoms with Crippen LogP contribution in [0.1, 0.15) is 44.4 Å². The monoisotopic (exact) mass is 289 g/mol. The highest BCUT2D eigenvalue weighted by Gasteiger charge is 2.11. The first-order valence-corrected chi connectivity index (χ1v) is 7.14. The number of amides is 2. The van der Waals surface area contributed by atoms with Crippen molar-refractivity contribution in [2.45, 2.75) is 39.3 Å². The van der Waals surface area contributed by atoms with E-state index in [4.69, 9.17) is 5.26 Å². The number of nitrogens with zero attached hydrogens (tertiary/aromatic N) is 1. The molecule has 0 saturated heterocycles. The molecule has 1 rings (SSSR count). The molecule has 0 fully saturated rings. The topological polar surface area (TPSA) is 85.2 Å². The summed E-state index contributed by atoms with van der Waals surface area (Å²) in [4.78, 5) is 11.8. The minimum absolute atomic E-state index is 0.134. The van der Waals surface area contributed by atoms with Gasteiger partial charge in [0.1, 0.15) is 0 Å². The third-order valence-corrected chi connectivity index (χ3v) is 3.24. The molecule has 5 nitrogen and oxygen atoms in total. The summed E-state index contributed by atoms with van der Waals surface area (Å²) in [5, 5.41) is 23.7. The average Bonchev–Trinajstić information content (AvgIpc) is 2.44. The Morgan fingerprint density at radius 3 is 2.43 bits per heavy atom. The third kappa shape index (κ3) is 6.28. The van der Waals surface area contributed by atoms with E-state index < -0.39 is 0 Å². The Bertz CT molecular complexity index is 491. The SMILES string of the molecule is CC(O)CC(C)CNC(=O)NC(C)c1ccc(C#N)cc1. The molecule has 0 radical (unpaired) electrons. The van der Waals surface area contributed by atoms with Crippen LogP contribution in [-0.4, -0.2) is 23.8 Å². The van der Waals surface area contributed by atoms with Gasteiger partial charge in [0.25, 0.3) is 0 Å². The van der Waals surface area contributed by atoms with Crippen LogP contribution in [0.25, 0.3) is 0 Å². The normalized spacial score (nSPS) is 14.6. The summed E-state index contributed by atoms with van der Waals surface area (Å²) >= 11 is 0. The quantitative estimate of drug-likeness (QED) is 0.751. The molecule has 0 saturated carbocycles. The van der Waals surface area contributed by atoms with Crippen LogP contribution < -0.4 is 10.6 Å². The lowest BCUT2D eigenvalue weighted by molar-refractivity contribution is 0.163. The zero-order chi connectivity index (χ0) is 15.8. The number of aliphatic hydroxyl groups is 1. The standard InChI is InChI=1S/C16H23N3O2/c1-11(8-12(2)20)10-18-16(21)19-13(3)15-6-4-14(9-17)5-7-15/h4-7,11-13,20H,8,10H2,1-3H3,(H2,18,19,21). The molecular formula is C16H23N3O2. The van der Waals surface area contributed by atoms with Crippen LogP contribution in [0.15, 0.2) is 24.3 Å². The fourth-order valence-electron chi connectivity index (χ4n) is 2.11. The Balaban J connectivity index is 2.41. The Morgan fingerprint density at radius 1 is 1.29 bits per heavy atom. The third-order valence-electron chi connectivity index (χ3n) is 3.24. The van der Waals surface area contributed by atoms with Gasteiger partial charge in [-0.25, -0.2) is 4.79 Å². The Morgan fingerprint density at radius 2 is 1.90 bits per heavy atom. The molecule has 0 heterocycles. The van der Waals surface area contributed by atoms with Crippen LogP contribution in [0, 0.1) is 17.2 Å². The molecule has 2 amide bonds. The fourth-order valence-corrected chi connectivity index (χ4v) is 2.11. The summed E-state index contributed by atoms with van der Waals surface area (Å²) in [6, 6.07) is 8.83. The van der Waals surface area contributed by atoms with Crippen LogP contribution in [0.2, 0.25) is 0 Å². The first kappa shape index (κ1) is 17.0.